The molecule has 1 aromatic carbocycles. The number of nitrogens with zero attached hydrogens (tertiary/aromatic N) is 2. The minimum Gasteiger partial charge on any atom is -0.497 e. The lowest BCUT2D eigenvalue weighted by Crippen LogP contribution is -2.19. The monoisotopic (exact) mass is 360 g/mol. The Balaban J connectivity index is 1.84. The maximum absolute atomic E-state index is 12.0. The van der Waals surface area contributed by atoms with Crippen molar-refractivity contribution in [3.05, 3.63) is 36.7 Å². The summed E-state index contributed by atoms with van der Waals surface area (Å²) in [7, 11) is 1.56. The third-order valence-electron chi connectivity index (χ3n) is 2.71. The fourth-order valence-corrected chi connectivity index (χ4v) is 1.98. The SMILES string of the molecule is COc1cccc(NC(=S)Nc2cnn(COCC(F)(F)F)c2)c1. The van der Waals surface area contributed by atoms with Crippen molar-refractivity contribution in [2.45, 2.75) is 12.9 Å². The molecule has 0 bridgehead atoms. The number of benzene rings is 1. The Morgan fingerprint density at radius 1 is 1.29 bits per heavy atom. The lowest BCUT2D eigenvalue weighted by molar-refractivity contribution is -0.182. The van der Waals surface area contributed by atoms with Gasteiger partial charge in [-0.3, -0.25) is 0 Å². The Labute approximate surface area is 141 Å². The second kappa shape index (κ2) is 7.97. The molecular formula is C14H15F3N4O2S. The topological polar surface area (TPSA) is 60.3 Å². The zero-order valence-corrected chi connectivity index (χ0v) is 13.4. The molecule has 2 N–H and O–H groups in total. The van der Waals surface area contributed by atoms with E-state index in [1.54, 1.807) is 25.3 Å². The summed E-state index contributed by atoms with van der Waals surface area (Å²) >= 11 is 5.16. The minimum absolute atomic E-state index is 0.305. The molecule has 6 nitrogen and oxygen atoms in total. The van der Waals surface area contributed by atoms with Gasteiger partial charge >= 0.3 is 6.18 Å². The van der Waals surface area contributed by atoms with Gasteiger partial charge in [0.2, 0.25) is 0 Å². The van der Waals surface area contributed by atoms with Crippen molar-refractivity contribution >= 4 is 28.7 Å². The highest BCUT2D eigenvalue weighted by Gasteiger charge is 2.27. The van der Waals surface area contributed by atoms with Crippen LogP contribution in [0.15, 0.2) is 36.7 Å². The quantitative estimate of drug-likeness (QED) is 0.772. The number of hydrogen-bond acceptors (Lipinski definition) is 4. The van der Waals surface area contributed by atoms with Crippen molar-refractivity contribution in [3.8, 4) is 5.75 Å². The molecule has 2 rings (SSSR count). The van der Waals surface area contributed by atoms with E-state index in [-0.39, 0.29) is 6.73 Å². The molecule has 1 aromatic heterocycles. The molecule has 0 amide bonds. The smallest absolute Gasteiger partial charge is 0.411 e. The van der Waals surface area contributed by atoms with Gasteiger partial charge in [-0.1, -0.05) is 6.07 Å². The summed E-state index contributed by atoms with van der Waals surface area (Å²) in [6, 6.07) is 7.18. The van der Waals surface area contributed by atoms with Crippen LogP contribution in [0.25, 0.3) is 0 Å². The number of anilines is 2. The van der Waals surface area contributed by atoms with Gasteiger partial charge in [-0.15, -0.1) is 0 Å². The average molecular weight is 360 g/mol. The number of methoxy groups -OCH3 is 1. The number of nitrogens with one attached hydrogen (secondary N) is 2. The van der Waals surface area contributed by atoms with Crippen molar-refractivity contribution < 1.29 is 22.6 Å². The van der Waals surface area contributed by atoms with E-state index >= 15 is 0 Å². The van der Waals surface area contributed by atoms with Crippen molar-refractivity contribution in [3.63, 3.8) is 0 Å². The fourth-order valence-electron chi connectivity index (χ4n) is 1.75. The summed E-state index contributed by atoms with van der Waals surface area (Å²) in [5.74, 6) is 0.678. The van der Waals surface area contributed by atoms with Crippen LogP contribution < -0.4 is 15.4 Å². The number of aromatic nitrogens is 2. The molecule has 0 saturated heterocycles. The van der Waals surface area contributed by atoms with Gasteiger partial charge in [-0.05, 0) is 24.4 Å². The second-order valence-corrected chi connectivity index (χ2v) is 5.08. The maximum atomic E-state index is 12.0. The molecule has 2 aromatic rings. The standard InChI is InChI=1S/C14H15F3N4O2S/c1-22-12-4-2-3-10(5-12)19-13(24)20-11-6-18-21(7-11)9-23-8-14(15,16)17/h2-7H,8-9H2,1H3,(H2,19,20,24). The normalized spacial score (nSPS) is 11.2. The molecule has 0 atom stereocenters. The van der Waals surface area contributed by atoms with Crippen LogP contribution >= 0.6 is 12.2 Å². The van der Waals surface area contributed by atoms with Crippen molar-refractivity contribution in [1.29, 1.82) is 0 Å². The minimum atomic E-state index is -4.36. The fraction of sp³-hybridized carbons (Fsp3) is 0.286. The van der Waals surface area contributed by atoms with Gasteiger partial charge in [-0.25, -0.2) is 4.68 Å². The predicted octanol–water partition coefficient (Wildman–Crippen LogP) is 3.24. The van der Waals surface area contributed by atoms with Crippen LogP contribution in [-0.2, 0) is 11.5 Å². The van der Waals surface area contributed by atoms with Gasteiger partial charge in [0.1, 0.15) is 19.1 Å². The summed E-state index contributed by atoms with van der Waals surface area (Å²) in [5.41, 5.74) is 1.25. The van der Waals surface area contributed by atoms with Gasteiger partial charge in [0.25, 0.3) is 0 Å². The Morgan fingerprint density at radius 3 is 2.75 bits per heavy atom. The van der Waals surface area contributed by atoms with Gasteiger partial charge in [-0.2, -0.15) is 18.3 Å². The Morgan fingerprint density at radius 2 is 2.04 bits per heavy atom. The van der Waals surface area contributed by atoms with E-state index < -0.39 is 12.8 Å². The summed E-state index contributed by atoms with van der Waals surface area (Å²) in [6.07, 6.45) is -1.46. The van der Waals surface area contributed by atoms with Gasteiger partial charge in [0.05, 0.1) is 25.2 Å². The summed E-state index contributed by atoms with van der Waals surface area (Å²) in [6.45, 7) is -1.64. The summed E-state index contributed by atoms with van der Waals surface area (Å²) in [4.78, 5) is 0. The maximum Gasteiger partial charge on any atom is 0.411 e. The van der Waals surface area contributed by atoms with E-state index in [9.17, 15) is 13.2 Å². The third kappa shape index (κ3) is 6.05. The highest BCUT2D eigenvalue weighted by Crippen LogP contribution is 2.17. The first kappa shape index (κ1) is 18.0. The van der Waals surface area contributed by atoms with Gasteiger partial charge < -0.3 is 20.1 Å². The van der Waals surface area contributed by atoms with Crippen LogP contribution in [-0.4, -0.2) is 34.8 Å². The van der Waals surface area contributed by atoms with Gasteiger partial charge in [0, 0.05) is 11.8 Å². The molecule has 0 aliphatic carbocycles. The van der Waals surface area contributed by atoms with Crippen molar-refractivity contribution in [2.24, 2.45) is 0 Å². The Hall–Kier alpha value is -2.33. The molecule has 0 aliphatic rings. The first-order valence-electron chi connectivity index (χ1n) is 6.75. The largest absolute Gasteiger partial charge is 0.497 e. The van der Waals surface area contributed by atoms with Crippen LogP contribution in [0.5, 0.6) is 5.75 Å². The van der Waals surface area contributed by atoms with Crippen LogP contribution in [0.1, 0.15) is 0 Å². The second-order valence-electron chi connectivity index (χ2n) is 4.67. The average Bonchev–Trinajstić information content (AvgIpc) is 2.93. The van der Waals surface area contributed by atoms with Crippen LogP contribution in [0.4, 0.5) is 24.5 Å². The first-order valence-corrected chi connectivity index (χ1v) is 7.15. The molecule has 0 spiro atoms. The highest BCUT2D eigenvalue weighted by molar-refractivity contribution is 7.80. The number of thiocarbonyl (C=S) groups is 1. The van der Waals surface area contributed by atoms with Crippen LogP contribution in [0.2, 0.25) is 0 Å². The number of rotatable bonds is 6. The van der Waals surface area contributed by atoms with Crippen molar-refractivity contribution in [2.75, 3.05) is 24.4 Å². The molecule has 0 saturated carbocycles. The molecule has 0 radical (unpaired) electrons. The zero-order valence-electron chi connectivity index (χ0n) is 12.6. The van der Waals surface area contributed by atoms with Crippen LogP contribution in [0, 0.1) is 0 Å². The van der Waals surface area contributed by atoms with E-state index in [0.29, 0.717) is 16.5 Å². The number of alkyl halides is 3. The number of hydrogen-bond donors (Lipinski definition) is 2. The third-order valence-corrected chi connectivity index (χ3v) is 2.91. The summed E-state index contributed by atoms with van der Waals surface area (Å²) in [5, 5.41) is 10.0. The molecule has 0 fully saturated rings. The Bertz CT molecular complexity index is 691. The van der Waals surface area contributed by atoms with Crippen LogP contribution in [0.3, 0.4) is 0 Å². The van der Waals surface area contributed by atoms with E-state index in [1.807, 2.05) is 6.07 Å². The van der Waals surface area contributed by atoms with Gasteiger partial charge in [0.15, 0.2) is 5.11 Å². The lowest BCUT2D eigenvalue weighted by Gasteiger charge is -2.10. The molecule has 0 aliphatic heterocycles. The molecule has 0 unspecified atom stereocenters. The number of halogens is 3. The van der Waals surface area contributed by atoms with E-state index in [1.165, 1.54) is 17.1 Å². The molecule has 1 heterocycles. The Kier molecular flexibility index (Phi) is 5.99. The molecule has 130 valence electrons. The predicted molar refractivity (Wildman–Crippen MR) is 87.1 cm³/mol. The van der Waals surface area contributed by atoms with E-state index in [0.717, 1.165) is 5.69 Å². The molecule has 10 heteroatoms. The molecular weight excluding hydrogens is 345 g/mol. The van der Waals surface area contributed by atoms with Crippen molar-refractivity contribution in [1.82, 2.24) is 9.78 Å². The first-order chi connectivity index (χ1) is 11.4. The highest BCUT2D eigenvalue weighted by atomic mass is 32.1. The zero-order chi connectivity index (χ0) is 17.6. The lowest BCUT2D eigenvalue weighted by atomic mass is 10.3. The molecule has 24 heavy (non-hydrogen) atoms. The number of ether oxygens (including phenoxy) is 2. The summed E-state index contributed by atoms with van der Waals surface area (Å²) < 4.78 is 46.8. The van der Waals surface area contributed by atoms with E-state index in [2.05, 4.69) is 20.5 Å². The van der Waals surface area contributed by atoms with E-state index in [4.69, 9.17) is 17.0 Å².